The van der Waals surface area contributed by atoms with E-state index in [2.05, 4.69) is 0 Å². The van der Waals surface area contributed by atoms with E-state index in [0.717, 1.165) is 6.42 Å². The van der Waals surface area contributed by atoms with Gasteiger partial charge in [-0.1, -0.05) is 0 Å². The fourth-order valence-electron chi connectivity index (χ4n) is 1.27. The molecule has 62 valence electrons. The second kappa shape index (κ2) is 3.51. The number of hydrogen-bond acceptors (Lipinski definition) is 2. The third-order valence-electron chi connectivity index (χ3n) is 1.87. The summed E-state index contributed by atoms with van der Waals surface area (Å²) in [6.07, 6.45) is 1.69. The van der Waals surface area contributed by atoms with Gasteiger partial charge in [-0.2, -0.15) is 0 Å². The van der Waals surface area contributed by atoms with E-state index in [1.54, 1.807) is 0 Å². The largest absolute Gasteiger partial charge is 0.387 e. The van der Waals surface area contributed by atoms with Crippen molar-refractivity contribution in [1.82, 2.24) is 0 Å². The number of halogens is 2. The van der Waals surface area contributed by atoms with E-state index in [0.29, 0.717) is 12.8 Å². The fourth-order valence-corrected chi connectivity index (χ4v) is 1.27. The molecule has 0 aromatic rings. The van der Waals surface area contributed by atoms with Crippen LogP contribution in [0.15, 0.2) is 0 Å². The van der Waals surface area contributed by atoms with Crippen molar-refractivity contribution in [3.8, 4) is 0 Å². The van der Waals surface area contributed by atoms with E-state index in [-0.39, 0.29) is 18.4 Å². The van der Waals surface area contributed by atoms with E-state index >= 15 is 0 Å². The minimum Gasteiger partial charge on any atom is -0.387 e. The summed E-state index contributed by atoms with van der Waals surface area (Å²) in [4.78, 5) is 0. The third kappa shape index (κ3) is 2.08. The van der Waals surface area contributed by atoms with Crippen molar-refractivity contribution in [3.05, 3.63) is 0 Å². The summed E-state index contributed by atoms with van der Waals surface area (Å²) in [7, 11) is 0. The monoisotopic (exact) mass is 169 g/mol. The van der Waals surface area contributed by atoms with Crippen LogP contribution in [0.5, 0.6) is 0 Å². The van der Waals surface area contributed by atoms with Crippen molar-refractivity contribution in [1.29, 1.82) is 0 Å². The molecule has 0 unspecified atom stereocenters. The van der Waals surface area contributed by atoms with E-state index in [1.165, 1.54) is 0 Å². The van der Waals surface area contributed by atoms with Crippen LogP contribution in [0.4, 0.5) is 4.39 Å². The Bertz CT molecular complexity index is 114. The standard InChI is InChI=1S/C6H12FNO.ClH/c7-4-6(9)2-1-5(8)3-6;/h5,9H,1-4,8H2;1H/t5-,6+;/m0./s1. The molecule has 0 bridgehead atoms. The van der Waals surface area contributed by atoms with E-state index in [4.69, 9.17) is 5.73 Å². The second-order valence-corrected chi connectivity index (χ2v) is 2.86. The number of aliphatic hydroxyl groups is 1. The molecule has 2 nitrogen and oxygen atoms in total. The molecule has 1 aliphatic carbocycles. The highest BCUT2D eigenvalue weighted by molar-refractivity contribution is 5.85. The first kappa shape index (κ1) is 10.1. The summed E-state index contributed by atoms with van der Waals surface area (Å²) < 4.78 is 12.0. The lowest BCUT2D eigenvalue weighted by molar-refractivity contribution is 0.0212. The van der Waals surface area contributed by atoms with Crippen molar-refractivity contribution in [2.75, 3.05) is 6.67 Å². The van der Waals surface area contributed by atoms with Gasteiger partial charge in [0, 0.05) is 6.04 Å². The Morgan fingerprint density at radius 1 is 1.70 bits per heavy atom. The van der Waals surface area contributed by atoms with Crippen LogP contribution in [0.1, 0.15) is 19.3 Å². The fraction of sp³-hybridized carbons (Fsp3) is 1.00. The van der Waals surface area contributed by atoms with Crippen LogP contribution in [0.2, 0.25) is 0 Å². The van der Waals surface area contributed by atoms with Gasteiger partial charge in [-0.05, 0) is 19.3 Å². The highest BCUT2D eigenvalue weighted by Crippen LogP contribution is 2.28. The maximum Gasteiger partial charge on any atom is 0.118 e. The molecule has 0 amide bonds. The van der Waals surface area contributed by atoms with Gasteiger partial charge < -0.3 is 10.8 Å². The van der Waals surface area contributed by atoms with Crippen molar-refractivity contribution >= 4 is 12.4 Å². The lowest BCUT2D eigenvalue weighted by atomic mass is 10.1. The Labute approximate surface area is 66.0 Å². The summed E-state index contributed by atoms with van der Waals surface area (Å²) in [5.41, 5.74) is 4.38. The molecular formula is C6H13ClFNO. The van der Waals surface area contributed by atoms with Crippen LogP contribution in [0.3, 0.4) is 0 Å². The molecule has 0 spiro atoms. The second-order valence-electron chi connectivity index (χ2n) is 2.86. The topological polar surface area (TPSA) is 46.2 Å². The third-order valence-corrected chi connectivity index (χ3v) is 1.87. The maximum atomic E-state index is 12.0. The number of rotatable bonds is 1. The van der Waals surface area contributed by atoms with Crippen molar-refractivity contribution in [2.24, 2.45) is 5.73 Å². The molecule has 0 aromatic carbocycles. The minimum absolute atomic E-state index is 0. The van der Waals surface area contributed by atoms with Gasteiger partial charge in [0.15, 0.2) is 0 Å². The van der Waals surface area contributed by atoms with Crippen LogP contribution in [-0.2, 0) is 0 Å². The number of alkyl halides is 1. The molecule has 0 aliphatic heterocycles. The van der Waals surface area contributed by atoms with Gasteiger partial charge in [-0.25, -0.2) is 4.39 Å². The Balaban J connectivity index is 0.000000810. The van der Waals surface area contributed by atoms with Crippen molar-refractivity contribution in [3.63, 3.8) is 0 Å². The Kier molecular flexibility index (Phi) is 3.56. The molecule has 1 aliphatic rings. The first-order valence-corrected chi connectivity index (χ1v) is 3.20. The molecule has 1 rings (SSSR count). The number of hydrogen-bond donors (Lipinski definition) is 2. The first-order chi connectivity index (χ1) is 4.16. The van der Waals surface area contributed by atoms with Crippen LogP contribution in [0.25, 0.3) is 0 Å². The van der Waals surface area contributed by atoms with Gasteiger partial charge in [0.1, 0.15) is 6.67 Å². The van der Waals surface area contributed by atoms with Crippen LogP contribution in [-0.4, -0.2) is 23.4 Å². The molecule has 0 saturated heterocycles. The zero-order chi connectivity index (χ0) is 6.91. The van der Waals surface area contributed by atoms with Crippen molar-refractivity contribution < 1.29 is 9.50 Å². The van der Waals surface area contributed by atoms with Crippen LogP contribution < -0.4 is 5.73 Å². The SMILES string of the molecule is Cl.N[C@H]1CC[C@](O)(CF)C1. The summed E-state index contributed by atoms with van der Waals surface area (Å²) in [5.74, 6) is 0. The maximum absolute atomic E-state index is 12.0. The van der Waals surface area contributed by atoms with Gasteiger partial charge in [0.25, 0.3) is 0 Å². The van der Waals surface area contributed by atoms with E-state index in [1.807, 2.05) is 0 Å². The average Bonchev–Trinajstić information content (AvgIpc) is 2.13. The molecule has 0 heterocycles. The molecule has 1 saturated carbocycles. The Hall–Kier alpha value is 0.140. The highest BCUT2D eigenvalue weighted by atomic mass is 35.5. The zero-order valence-corrected chi connectivity index (χ0v) is 6.53. The molecule has 0 radical (unpaired) electrons. The molecule has 4 heteroatoms. The summed E-state index contributed by atoms with van der Waals surface area (Å²) in [5, 5.41) is 9.22. The van der Waals surface area contributed by atoms with Gasteiger partial charge in [0.05, 0.1) is 5.60 Å². The van der Waals surface area contributed by atoms with Crippen molar-refractivity contribution in [2.45, 2.75) is 30.9 Å². The summed E-state index contributed by atoms with van der Waals surface area (Å²) in [6, 6.07) is 0.00532. The number of nitrogens with two attached hydrogens (primary N) is 1. The lowest BCUT2D eigenvalue weighted by Crippen LogP contribution is -2.29. The summed E-state index contributed by atoms with van der Waals surface area (Å²) in [6.45, 7) is -0.652. The molecule has 1 fully saturated rings. The zero-order valence-electron chi connectivity index (χ0n) is 5.72. The van der Waals surface area contributed by atoms with Gasteiger partial charge in [0.2, 0.25) is 0 Å². The smallest absolute Gasteiger partial charge is 0.118 e. The Morgan fingerprint density at radius 2 is 2.30 bits per heavy atom. The quantitative estimate of drug-likeness (QED) is 0.605. The van der Waals surface area contributed by atoms with E-state index < -0.39 is 12.3 Å². The summed E-state index contributed by atoms with van der Waals surface area (Å²) >= 11 is 0. The highest BCUT2D eigenvalue weighted by Gasteiger charge is 2.35. The molecule has 0 aromatic heterocycles. The first-order valence-electron chi connectivity index (χ1n) is 3.20. The predicted molar refractivity (Wildman–Crippen MR) is 40.0 cm³/mol. The molecule has 3 N–H and O–H groups in total. The van der Waals surface area contributed by atoms with Crippen LogP contribution in [0, 0.1) is 0 Å². The van der Waals surface area contributed by atoms with Gasteiger partial charge >= 0.3 is 0 Å². The molecule has 10 heavy (non-hydrogen) atoms. The van der Waals surface area contributed by atoms with Gasteiger partial charge in [-0.3, -0.25) is 0 Å². The van der Waals surface area contributed by atoms with Crippen LogP contribution >= 0.6 is 12.4 Å². The average molecular weight is 170 g/mol. The predicted octanol–water partition coefficient (Wildman–Crippen LogP) is 0.620. The molecular weight excluding hydrogens is 157 g/mol. The van der Waals surface area contributed by atoms with Gasteiger partial charge in [-0.15, -0.1) is 12.4 Å². The Morgan fingerprint density at radius 3 is 2.50 bits per heavy atom. The lowest BCUT2D eigenvalue weighted by Gasteiger charge is -2.16. The van der Waals surface area contributed by atoms with E-state index in [9.17, 15) is 9.50 Å². The normalized spacial score (nSPS) is 39.3. The molecule has 2 atom stereocenters. The minimum atomic E-state index is -1.08.